The van der Waals surface area contributed by atoms with Crippen molar-refractivity contribution in [2.75, 3.05) is 0 Å². The lowest BCUT2D eigenvalue weighted by Crippen LogP contribution is -2.25. The van der Waals surface area contributed by atoms with E-state index in [1.165, 1.54) is 29.5 Å². The molecular weight excluding hydrogens is 404 g/mol. The number of amides is 1. The highest BCUT2D eigenvalue weighted by Gasteiger charge is 2.20. The molecule has 0 saturated heterocycles. The van der Waals surface area contributed by atoms with Gasteiger partial charge in [0.1, 0.15) is 4.90 Å². The molecule has 0 aliphatic heterocycles. The van der Waals surface area contributed by atoms with Crippen molar-refractivity contribution >= 4 is 38.9 Å². The highest BCUT2D eigenvalue weighted by atomic mass is 35.5. The van der Waals surface area contributed by atoms with Gasteiger partial charge in [-0.05, 0) is 35.2 Å². The first kappa shape index (κ1) is 19.6. The Morgan fingerprint density at radius 3 is 2.48 bits per heavy atom. The van der Waals surface area contributed by atoms with Crippen LogP contribution < -0.4 is 10.0 Å². The second-order valence-electron chi connectivity index (χ2n) is 5.72. The SMILES string of the molecule is O=C(NCc1cccs1)c1ccc(Cl)c(S(=O)(=O)NCc2ccccc2)c1. The summed E-state index contributed by atoms with van der Waals surface area (Å²) in [5.41, 5.74) is 1.05. The lowest BCUT2D eigenvalue weighted by atomic mass is 10.2. The van der Waals surface area contributed by atoms with Crippen molar-refractivity contribution in [1.29, 1.82) is 0 Å². The minimum absolute atomic E-state index is 0.0605. The highest BCUT2D eigenvalue weighted by Crippen LogP contribution is 2.23. The maximum Gasteiger partial charge on any atom is 0.251 e. The van der Waals surface area contributed by atoms with Gasteiger partial charge in [0.15, 0.2) is 0 Å². The molecule has 3 aromatic rings. The van der Waals surface area contributed by atoms with Gasteiger partial charge in [-0.3, -0.25) is 4.79 Å². The molecule has 3 rings (SSSR count). The number of halogens is 1. The molecule has 0 radical (unpaired) electrons. The third-order valence-electron chi connectivity index (χ3n) is 3.80. The van der Waals surface area contributed by atoms with Crippen LogP contribution in [-0.2, 0) is 23.1 Å². The van der Waals surface area contributed by atoms with Gasteiger partial charge in [-0.25, -0.2) is 13.1 Å². The Labute approximate surface area is 167 Å². The Balaban J connectivity index is 1.74. The van der Waals surface area contributed by atoms with Gasteiger partial charge in [-0.2, -0.15) is 0 Å². The summed E-state index contributed by atoms with van der Waals surface area (Å²) in [6, 6.07) is 17.2. The first-order chi connectivity index (χ1) is 13.0. The average molecular weight is 421 g/mol. The van der Waals surface area contributed by atoms with E-state index < -0.39 is 10.0 Å². The summed E-state index contributed by atoms with van der Waals surface area (Å²) in [4.78, 5) is 13.2. The van der Waals surface area contributed by atoms with Crippen molar-refractivity contribution in [2.45, 2.75) is 18.0 Å². The minimum Gasteiger partial charge on any atom is -0.347 e. The number of benzene rings is 2. The van der Waals surface area contributed by atoms with Gasteiger partial charge in [0.25, 0.3) is 5.91 Å². The summed E-state index contributed by atoms with van der Waals surface area (Å²) in [6.07, 6.45) is 0. The zero-order chi connectivity index (χ0) is 19.3. The number of carbonyl (C=O) groups is 1. The minimum atomic E-state index is -3.86. The van der Waals surface area contributed by atoms with Crippen molar-refractivity contribution in [3.05, 3.63) is 87.1 Å². The van der Waals surface area contributed by atoms with Crippen LogP contribution in [-0.4, -0.2) is 14.3 Å². The molecule has 0 spiro atoms. The van der Waals surface area contributed by atoms with Gasteiger partial charge in [0.05, 0.1) is 11.6 Å². The molecule has 1 aromatic heterocycles. The molecule has 140 valence electrons. The first-order valence-electron chi connectivity index (χ1n) is 8.09. The second-order valence-corrected chi connectivity index (χ2v) is 8.89. The molecule has 1 heterocycles. The van der Waals surface area contributed by atoms with E-state index in [0.29, 0.717) is 6.54 Å². The number of hydrogen-bond acceptors (Lipinski definition) is 4. The summed E-state index contributed by atoms with van der Waals surface area (Å²) < 4.78 is 27.8. The molecule has 0 atom stereocenters. The number of carbonyl (C=O) groups excluding carboxylic acids is 1. The quantitative estimate of drug-likeness (QED) is 0.610. The van der Waals surface area contributed by atoms with Gasteiger partial charge >= 0.3 is 0 Å². The van der Waals surface area contributed by atoms with E-state index in [9.17, 15) is 13.2 Å². The fourth-order valence-electron chi connectivity index (χ4n) is 2.39. The van der Waals surface area contributed by atoms with Crippen LogP contribution >= 0.6 is 22.9 Å². The van der Waals surface area contributed by atoms with Gasteiger partial charge in [-0.15, -0.1) is 11.3 Å². The zero-order valence-corrected chi connectivity index (χ0v) is 16.6. The van der Waals surface area contributed by atoms with E-state index in [1.54, 1.807) is 0 Å². The molecule has 1 amide bonds. The molecule has 0 aliphatic carbocycles. The first-order valence-corrected chi connectivity index (χ1v) is 10.8. The van der Waals surface area contributed by atoms with Crippen LogP contribution in [0.25, 0.3) is 0 Å². The molecule has 2 N–H and O–H groups in total. The number of rotatable bonds is 7. The largest absolute Gasteiger partial charge is 0.347 e. The molecule has 0 bridgehead atoms. The fraction of sp³-hybridized carbons (Fsp3) is 0.105. The Morgan fingerprint density at radius 1 is 1.00 bits per heavy atom. The summed E-state index contributed by atoms with van der Waals surface area (Å²) in [5.74, 6) is -0.362. The highest BCUT2D eigenvalue weighted by molar-refractivity contribution is 7.89. The number of hydrogen-bond donors (Lipinski definition) is 2. The van der Waals surface area contributed by atoms with Gasteiger partial charge < -0.3 is 5.32 Å². The molecule has 0 saturated carbocycles. The van der Waals surface area contributed by atoms with Crippen molar-refractivity contribution in [2.24, 2.45) is 0 Å². The third-order valence-corrected chi connectivity index (χ3v) is 6.55. The summed E-state index contributed by atoms with van der Waals surface area (Å²) in [6.45, 7) is 0.516. The Bertz CT molecular complexity index is 1020. The maximum atomic E-state index is 12.6. The molecule has 0 unspecified atom stereocenters. The Hall–Kier alpha value is -2.19. The van der Waals surface area contributed by atoms with Crippen LogP contribution in [0, 0.1) is 0 Å². The van der Waals surface area contributed by atoms with Crippen LogP contribution in [0.1, 0.15) is 20.8 Å². The van der Waals surface area contributed by atoms with E-state index >= 15 is 0 Å². The monoisotopic (exact) mass is 420 g/mol. The third kappa shape index (κ3) is 5.17. The van der Waals surface area contributed by atoms with Crippen LogP contribution in [0.2, 0.25) is 5.02 Å². The topological polar surface area (TPSA) is 75.3 Å². The molecule has 8 heteroatoms. The van der Waals surface area contributed by atoms with E-state index in [2.05, 4.69) is 10.0 Å². The molecular formula is C19H17ClN2O3S2. The predicted octanol–water partition coefficient (Wildman–Crippen LogP) is 3.81. The molecule has 27 heavy (non-hydrogen) atoms. The Morgan fingerprint density at radius 2 is 1.78 bits per heavy atom. The van der Waals surface area contributed by atoms with Crippen molar-refractivity contribution in [3.63, 3.8) is 0 Å². The zero-order valence-electron chi connectivity index (χ0n) is 14.2. The molecule has 5 nitrogen and oxygen atoms in total. The van der Waals surface area contributed by atoms with Crippen LogP contribution in [0.15, 0.2) is 70.9 Å². The molecule has 2 aromatic carbocycles. The molecule has 0 fully saturated rings. The van der Waals surface area contributed by atoms with Crippen molar-refractivity contribution < 1.29 is 13.2 Å². The second kappa shape index (κ2) is 8.67. The molecule has 0 aliphatic rings. The van der Waals surface area contributed by atoms with Crippen LogP contribution in [0.3, 0.4) is 0 Å². The Kier molecular flexibility index (Phi) is 6.28. The number of thiophene rings is 1. The smallest absolute Gasteiger partial charge is 0.251 e. The van der Waals surface area contributed by atoms with E-state index in [-0.39, 0.29) is 27.9 Å². The van der Waals surface area contributed by atoms with Gasteiger partial charge in [0.2, 0.25) is 10.0 Å². The van der Waals surface area contributed by atoms with E-state index in [4.69, 9.17) is 11.6 Å². The van der Waals surface area contributed by atoms with E-state index in [0.717, 1.165) is 10.4 Å². The van der Waals surface area contributed by atoms with Gasteiger partial charge in [0, 0.05) is 17.0 Å². The summed E-state index contributed by atoms with van der Waals surface area (Å²) >= 11 is 7.61. The fourth-order valence-corrected chi connectivity index (χ4v) is 4.57. The summed E-state index contributed by atoms with van der Waals surface area (Å²) in [7, 11) is -3.86. The summed E-state index contributed by atoms with van der Waals surface area (Å²) in [5, 5.41) is 4.75. The van der Waals surface area contributed by atoms with E-state index in [1.807, 2.05) is 47.8 Å². The lowest BCUT2D eigenvalue weighted by molar-refractivity contribution is 0.0951. The standard InChI is InChI=1S/C19H17ClN2O3S2/c20-17-9-8-15(19(23)21-13-16-7-4-10-26-16)11-18(17)27(24,25)22-12-14-5-2-1-3-6-14/h1-11,22H,12-13H2,(H,21,23). The van der Waals surface area contributed by atoms with Crippen LogP contribution in [0.5, 0.6) is 0 Å². The number of sulfonamides is 1. The average Bonchev–Trinajstić information content (AvgIpc) is 3.19. The number of nitrogens with one attached hydrogen (secondary N) is 2. The van der Waals surface area contributed by atoms with Gasteiger partial charge in [-0.1, -0.05) is 48.0 Å². The van der Waals surface area contributed by atoms with Crippen molar-refractivity contribution in [3.8, 4) is 0 Å². The normalized spacial score (nSPS) is 11.3. The van der Waals surface area contributed by atoms with Crippen LogP contribution in [0.4, 0.5) is 0 Å². The van der Waals surface area contributed by atoms with Crippen molar-refractivity contribution in [1.82, 2.24) is 10.0 Å². The maximum absolute atomic E-state index is 12.6. The lowest BCUT2D eigenvalue weighted by Gasteiger charge is -2.10. The predicted molar refractivity (Wildman–Crippen MR) is 107 cm³/mol.